The molecule has 0 aliphatic carbocycles. The van der Waals surface area contributed by atoms with Gasteiger partial charge in [0.25, 0.3) is 10.0 Å². The van der Waals surface area contributed by atoms with Gasteiger partial charge >= 0.3 is 0 Å². The molecule has 1 fully saturated rings. The van der Waals surface area contributed by atoms with E-state index in [1.165, 1.54) is 11.5 Å². The minimum Gasteiger partial charge on any atom is -0.303 e. The van der Waals surface area contributed by atoms with Gasteiger partial charge in [-0.05, 0) is 67.1 Å². The molecule has 0 amide bonds. The number of para-hydroxylation sites is 1. The molecule has 4 rings (SSSR count). The van der Waals surface area contributed by atoms with Gasteiger partial charge in [0.05, 0.1) is 10.6 Å². The highest BCUT2D eigenvalue weighted by molar-refractivity contribution is 7.92. The third kappa shape index (κ3) is 4.49. The predicted molar refractivity (Wildman–Crippen MR) is 117 cm³/mol. The van der Waals surface area contributed by atoms with Gasteiger partial charge in [-0.1, -0.05) is 41.7 Å². The van der Waals surface area contributed by atoms with E-state index in [1.54, 1.807) is 24.3 Å². The highest BCUT2D eigenvalue weighted by Crippen LogP contribution is 2.33. The number of rotatable bonds is 7. The van der Waals surface area contributed by atoms with Gasteiger partial charge in [-0.3, -0.25) is 4.72 Å². The molecule has 0 bridgehead atoms. The number of anilines is 1. The first-order chi connectivity index (χ1) is 14.1. The van der Waals surface area contributed by atoms with Crippen LogP contribution in [0.2, 0.25) is 0 Å². The van der Waals surface area contributed by atoms with E-state index in [2.05, 4.69) is 26.1 Å². The minimum atomic E-state index is -3.67. The highest BCUT2D eigenvalue weighted by atomic mass is 32.2. The molecule has 1 N–H and O–H groups in total. The molecular formula is C21H24N4O2S2. The van der Waals surface area contributed by atoms with E-state index in [9.17, 15) is 8.42 Å². The van der Waals surface area contributed by atoms with Crippen LogP contribution in [0.15, 0.2) is 58.8 Å². The number of nitrogens with one attached hydrogen (secondary N) is 1. The van der Waals surface area contributed by atoms with Gasteiger partial charge in [-0.15, -0.1) is 5.10 Å². The summed E-state index contributed by atoms with van der Waals surface area (Å²) >= 11 is 1.27. The summed E-state index contributed by atoms with van der Waals surface area (Å²) in [6.45, 7) is 5.31. The summed E-state index contributed by atoms with van der Waals surface area (Å²) in [5.41, 5.74) is 3.33. The average molecular weight is 429 g/mol. The van der Waals surface area contributed by atoms with Gasteiger partial charge in [0.15, 0.2) is 0 Å². The molecule has 0 spiro atoms. The normalized spacial score (nSPS) is 17.5. The molecule has 1 aromatic heterocycles. The first-order valence-electron chi connectivity index (χ1n) is 9.78. The van der Waals surface area contributed by atoms with Crippen LogP contribution in [0.5, 0.6) is 0 Å². The molecule has 1 atom stereocenters. The second kappa shape index (κ2) is 8.61. The van der Waals surface area contributed by atoms with Crippen molar-refractivity contribution in [1.29, 1.82) is 0 Å². The zero-order valence-electron chi connectivity index (χ0n) is 16.3. The fourth-order valence-electron chi connectivity index (χ4n) is 3.85. The van der Waals surface area contributed by atoms with Crippen molar-refractivity contribution in [3.8, 4) is 11.3 Å². The van der Waals surface area contributed by atoms with Crippen LogP contribution in [-0.4, -0.2) is 42.5 Å². The molecule has 0 radical (unpaired) electrons. The van der Waals surface area contributed by atoms with E-state index < -0.39 is 10.0 Å². The van der Waals surface area contributed by atoms with E-state index in [0.717, 1.165) is 49.3 Å². The monoisotopic (exact) mass is 428 g/mol. The standard InChI is InChI=1S/C21H24N4O2S2/c1-2-12-25-13-11-17(14-25)19-5-3-4-6-20(19)23-29(26,27)18-9-7-16(8-10-18)21-15-28-24-22-21/h3-10,15,17,23H,2,11-14H2,1H3. The summed E-state index contributed by atoms with van der Waals surface area (Å²) in [6, 6.07) is 14.5. The lowest BCUT2D eigenvalue weighted by Crippen LogP contribution is -2.21. The summed E-state index contributed by atoms with van der Waals surface area (Å²) in [5.74, 6) is 0.347. The van der Waals surface area contributed by atoms with Crippen molar-refractivity contribution in [2.45, 2.75) is 30.6 Å². The second-order valence-corrected chi connectivity index (χ2v) is 9.59. The van der Waals surface area contributed by atoms with Crippen molar-refractivity contribution in [1.82, 2.24) is 14.5 Å². The Hall–Kier alpha value is -2.29. The van der Waals surface area contributed by atoms with Crippen LogP contribution in [0, 0.1) is 0 Å². The summed E-state index contributed by atoms with van der Waals surface area (Å²) in [6.07, 6.45) is 2.18. The third-order valence-corrected chi connectivity index (χ3v) is 7.16. The Bertz CT molecular complexity index is 1050. The summed E-state index contributed by atoms with van der Waals surface area (Å²) in [7, 11) is -3.67. The zero-order chi connectivity index (χ0) is 20.3. The van der Waals surface area contributed by atoms with E-state index in [1.807, 2.05) is 29.6 Å². The Kier molecular flexibility index (Phi) is 5.94. The Morgan fingerprint density at radius 2 is 1.97 bits per heavy atom. The van der Waals surface area contributed by atoms with Crippen LogP contribution in [0.25, 0.3) is 11.3 Å². The zero-order valence-corrected chi connectivity index (χ0v) is 17.9. The van der Waals surface area contributed by atoms with Crippen LogP contribution in [-0.2, 0) is 10.0 Å². The average Bonchev–Trinajstić information content (AvgIpc) is 3.41. The Balaban J connectivity index is 1.54. The second-order valence-electron chi connectivity index (χ2n) is 7.29. The van der Waals surface area contributed by atoms with Gasteiger partial charge in [0, 0.05) is 17.5 Å². The van der Waals surface area contributed by atoms with Crippen molar-refractivity contribution in [2.75, 3.05) is 24.4 Å². The molecule has 1 saturated heterocycles. The van der Waals surface area contributed by atoms with Gasteiger partial charge < -0.3 is 4.90 Å². The maximum Gasteiger partial charge on any atom is 0.261 e. The first kappa shape index (κ1) is 20.0. The lowest BCUT2D eigenvalue weighted by atomic mass is 9.97. The van der Waals surface area contributed by atoms with E-state index >= 15 is 0 Å². The van der Waals surface area contributed by atoms with Gasteiger partial charge in [0.1, 0.15) is 5.69 Å². The smallest absolute Gasteiger partial charge is 0.261 e. The highest BCUT2D eigenvalue weighted by Gasteiger charge is 2.26. The quantitative estimate of drug-likeness (QED) is 0.610. The summed E-state index contributed by atoms with van der Waals surface area (Å²) in [4.78, 5) is 2.68. The molecule has 2 heterocycles. The molecule has 3 aromatic rings. The van der Waals surface area contributed by atoms with E-state index in [0.29, 0.717) is 11.6 Å². The molecule has 1 aliphatic heterocycles. The van der Waals surface area contributed by atoms with E-state index in [4.69, 9.17) is 0 Å². The van der Waals surface area contributed by atoms with E-state index in [-0.39, 0.29) is 4.90 Å². The third-order valence-electron chi connectivity index (χ3n) is 5.28. The lowest BCUT2D eigenvalue weighted by molar-refractivity contribution is 0.335. The fraction of sp³-hybridized carbons (Fsp3) is 0.333. The van der Waals surface area contributed by atoms with Crippen molar-refractivity contribution in [3.63, 3.8) is 0 Å². The number of sulfonamides is 1. The van der Waals surface area contributed by atoms with Crippen LogP contribution in [0.3, 0.4) is 0 Å². The van der Waals surface area contributed by atoms with Crippen LogP contribution in [0.1, 0.15) is 31.2 Å². The van der Waals surface area contributed by atoms with Crippen molar-refractivity contribution in [3.05, 3.63) is 59.5 Å². The van der Waals surface area contributed by atoms with Crippen molar-refractivity contribution in [2.24, 2.45) is 0 Å². The number of likely N-dealkylation sites (tertiary alicyclic amines) is 1. The topological polar surface area (TPSA) is 75.2 Å². The van der Waals surface area contributed by atoms with Crippen LogP contribution >= 0.6 is 11.5 Å². The fourth-order valence-corrected chi connectivity index (χ4v) is 5.40. The summed E-state index contributed by atoms with van der Waals surface area (Å²) in [5, 5.41) is 5.86. The molecule has 1 aliphatic rings. The SMILES string of the molecule is CCCN1CCC(c2ccccc2NS(=O)(=O)c2ccc(-c3csnn3)cc2)C1. The molecule has 2 aromatic carbocycles. The number of nitrogens with zero attached hydrogens (tertiary/aromatic N) is 3. The Labute approximate surface area is 175 Å². The molecule has 29 heavy (non-hydrogen) atoms. The molecular weight excluding hydrogens is 404 g/mol. The number of hydrogen-bond acceptors (Lipinski definition) is 6. The minimum absolute atomic E-state index is 0.235. The van der Waals surface area contributed by atoms with Gasteiger partial charge in [-0.2, -0.15) is 0 Å². The molecule has 6 nitrogen and oxygen atoms in total. The summed E-state index contributed by atoms with van der Waals surface area (Å²) < 4.78 is 32.6. The molecule has 8 heteroatoms. The van der Waals surface area contributed by atoms with Crippen LogP contribution < -0.4 is 4.72 Å². The Morgan fingerprint density at radius 1 is 1.17 bits per heavy atom. The predicted octanol–water partition coefficient (Wildman–Crippen LogP) is 4.21. The molecule has 0 saturated carbocycles. The largest absolute Gasteiger partial charge is 0.303 e. The van der Waals surface area contributed by atoms with Crippen molar-refractivity contribution < 1.29 is 8.42 Å². The Morgan fingerprint density at radius 3 is 2.69 bits per heavy atom. The van der Waals surface area contributed by atoms with Crippen molar-refractivity contribution >= 4 is 27.2 Å². The number of benzene rings is 2. The number of aromatic nitrogens is 2. The number of hydrogen-bond donors (Lipinski definition) is 1. The maximum absolute atomic E-state index is 13.0. The lowest BCUT2D eigenvalue weighted by Gasteiger charge is -2.18. The van der Waals surface area contributed by atoms with Gasteiger partial charge in [-0.25, -0.2) is 8.42 Å². The van der Waals surface area contributed by atoms with Crippen LogP contribution in [0.4, 0.5) is 5.69 Å². The van der Waals surface area contributed by atoms with Gasteiger partial charge in [0.2, 0.25) is 0 Å². The first-order valence-corrected chi connectivity index (χ1v) is 12.1. The molecule has 1 unspecified atom stereocenters. The maximum atomic E-state index is 13.0. The molecule has 152 valence electrons.